The van der Waals surface area contributed by atoms with Crippen LogP contribution in [-0.4, -0.2) is 85.9 Å². The van der Waals surface area contributed by atoms with E-state index in [4.69, 9.17) is 19.9 Å². The molecule has 12 nitrogen and oxygen atoms in total. The van der Waals surface area contributed by atoms with E-state index in [9.17, 15) is 15.0 Å². The van der Waals surface area contributed by atoms with Gasteiger partial charge in [-0.25, -0.2) is 15.0 Å². The Morgan fingerprint density at radius 1 is 1.35 bits per heavy atom. The van der Waals surface area contributed by atoms with Crippen molar-refractivity contribution in [1.29, 1.82) is 0 Å². The number of carbonyl (C=O) groups excluding carboxylic acids is 1. The summed E-state index contributed by atoms with van der Waals surface area (Å²) in [5.74, 6) is -0.118. The number of hydrogen-bond donors (Lipinski definition) is 4. The highest BCUT2D eigenvalue weighted by molar-refractivity contribution is 5.82. The number of esters is 1. The summed E-state index contributed by atoms with van der Waals surface area (Å²) in [6.45, 7) is 4.66. The van der Waals surface area contributed by atoms with E-state index in [-0.39, 0.29) is 18.6 Å². The molecule has 0 aliphatic carbocycles. The van der Waals surface area contributed by atoms with Gasteiger partial charge in [0.05, 0.1) is 19.0 Å². The minimum Gasteiger partial charge on any atom is -0.462 e. The highest BCUT2D eigenvalue weighted by atomic mass is 16.6. The van der Waals surface area contributed by atoms with Crippen molar-refractivity contribution in [3.63, 3.8) is 0 Å². The average Bonchev–Trinajstić information content (AvgIpc) is 3.47. The van der Waals surface area contributed by atoms with Gasteiger partial charge in [-0.2, -0.15) is 0 Å². The molecule has 4 rings (SSSR count). The smallest absolute Gasteiger partial charge is 0.323 e. The molecule has 2 aliphatic heterocycles. The number of aliphatic hydroxyl groups is 2. The van der Waals surface area contributed by atoms with Crippen LogP contribution >= 0.6 is 0 Å². The number of ether oxygens (including phenoxy) is 3. The summed E-state index contributed by atoms with van der Waals surface area (Å²) in [4.78, 5) is 24.9. The van der Waals surface area contributed by atoms with Crippen LogP contribution in [0.5, 0.6) is 0 Å². The quantitative estimate of drug-likeness (QED) is 0.400. The van der Waals surface area contributed by atoms with Crippen molar-refractivity contribution in [2.24, 2.45) is 11.7 Å². The van der Waals surface area contributed by atoms with Crippen LogP contribution in [0.25, 0.3) is 11.2 Å². The Morgan fingerprint density at radius 2 is 2.16 bits per heavy atom. The standard InChI is InChI=1S/C19H28N6O6/c1-9(2)12(20)19(28)30-6-11-14(26)15(27)18(31-11)25-8-23-13-16(21-7-22-17(13)25)24-10-3-4-29-5-10/h7-12,14-15,18,26-27H,3-6,20H2,1-2H3,(H,21,22,24)/t10-,11-,12+,14-,15-,18-/m1/s1. The Balaban J connectivity index is 1.48. The molecule has 2 aromatic heterocycles. The van der Waals surface area contributed by atoms with Crippen LogP contribution in [0, 0.1) is 5.92 Å². The Bertz CT molecular complexity index is 916. The van der Waals surface area contributed by atoms with Crippen LogP contribution in [0.3, 0.4) is 0 Å². The zero-order valence-corrected chi connectivity index (χ0v) is 17.4. The van der Waals surface area contributed by atoms with Crippen LogP contribution < -0.4 is 11.1 Å². The second-order valence-electron chi connectivity index (χ2n) is 8.20. The van der Waals surface area contributed by atoms with E-state index in [0.29, 0.717) is 30.2 Å². The number of fused-ring (bicyclic) bond motifs is 1. The summed E-state index contributed by atoms with van der Waals surface area (Å²) >= 11 is 0. The lowest BCUT2D eigenvalue weighted by Crippen LogP contribution is -2.40. The third-order valence-electron chi connectivity index (χ3n) is 5.62. The monoisotopic (exact) mass is 436 g/mol. The number of aliphatic hydroxyl groups excluding tert-OH is 2. The van der Waals surface area contributed by atoms with Gasteiger partial charge in [0.25, 0.3) is 0 Å². The third-order valence-corrected chi connectivity index (χ3v) is 5.62. The molecule has 0 bridgehead atoms. The van der Waals surface area contributed by atoms with Crippen LogP contribution in [0.1, 0.15) is 26.5 Å². The molecule has 2 fully saturated rings. The number of rotatable bonds is 7. The van der Waals surface area contributed by atoms with Gasteiger partial charge < -0.3 is 35.5 Å². The predicted molar refractivity (Wildman–Crippen MR) is 108 cm³/mol. The first-order valence-corrected chi connectivity index (χ1v) is 10.3. The molecule has 31 heavy (non-hydrogen) atoms. The van der Waals surface area contributed by atoms with Crippen molar-refractivity contribution >= 4 is 23.0 Å². The first-order valence-electron chi connectivity index (χ1n) is 10.3. The summed E-state index contributed by atoms with van der Waals surface area (Å²) in [6, 6.07) is -0.639. The Hall–Kier alpha value is -2.38. The fourth-order valence-corrected chi connectivity index (χ4v) is 3.61. The summed E-state index contributed by atoms with van der Waals surface area (Å²) < 4.78 is 17.9. The molecule has 4 heterocycles. The number of imidazole rings is 1. The van der Waals surface area contributed by atoms with Gasteiger partial charge in [-0.05, 0) is 12.3 Å². The largest absolute Gasteiger partial charge is 0.462 e. The molecular weight excluding hydrogens is 408 g/mol. The van der Waals surface area contributed by atoms with Crippen LogP contribution in [-0.2, 0) is 19.0 Å². The maximum Gasteiger partial charge on any atom is 0.323 e. The second-order valence-corrected chi connectivity index (χ2v) is 8.20. The lowest BCUT2D eigenvalue weighted by molar-refractivity contribution is -0.152. The topological polar surface area (TPSA) is 167 Å². The molecule has 5 N–H and O–H groups in total. The summed E-state index contributed by atoms with van der Waals surface area (Å²) in [6.07, 6.45) is -0.683. The fourth-order valence-electron chi connectivity index (χ4n) is 3.61. The molecule has 0 unspecified atom stereocenters. The molecule has 0 amide bonds. The molecule has 0 spiro atoms. The average molecular weight is 436 g/mol. The molecule has 2 aliphatic rings. The van der Waals surface area contributed by atoms with E-state index in [1.165, 1.54) is 17.2 Å². The van der Waals surface area contributed by atoms with Crippen molar-refractivity contribution in [3.8, 4) is 0 Å². The first kappa shape index (κ1) is 21.8. The number of aromatic nitrogens is 4. The summed E-state index contributed by atoms with van der Waals surface area (Å²) in [5, 5.41) is 24.3. The Morgan fingerprint density at radius 3 is 2.87 bits per heavy atom. The lowest BCUT2D eigenvalue weighted by atomic mass is 10.1. The van der Waals surface area contributed by atoms with Crippen molar-refractivity contribution in [2.75, 3.05) is 25.1 Å². The zero-order valence-electron chi connectivity index (χ0n) is 17.4. The lowest BCUT2D eigenvalue weighted by Gasteiger charge is -2.18. The van der Waals surface area contributed by atoms with Gasteiger partial charge in [-0.1, -0.05) is 13.8 Å². The van der Waals surface area contributed by atoms with Crippen molar-refractivity contribution in [3.05, 3.63) is 12.7 Å². The van der Waals surface area contributed by atoms with Crippen molar-refractivity contribution in [2.45, 2.75) is 56.9 Å². The number of nitrogens with zero attached hydrogens (tertiary/aromatic N) is 4. The van der Waals surface area contributed by atoms with Gasteiger partial charge in [0.1, 0.15) is 37.3 Å². The number of hydrogen-bond acceptors (Lipinski definition) is 11. The van der Waals surface area contributed by atoms with Gasteiger partial charge in [-0.3, -0.25) is 9.36 Å². The van der Waals surface area contributed by atoms with Gasteiger partial charge in [0.15, 0.2) is 23.2 Å². The van der Waals surface area contributed by atoms with Crippen molar-refractivity contribution in [1.82, 2.24) is 19.5 Å². The molecule has 2 aromatic rings. The van der Waals surface area contributed by atoms with Gasteiger partial charge in [-0.15, -0.1) is 0 Å². The van der Waals surface area contributed by atoms with Gasteiger partial charge in [0.2, 0.25) is 0 Å². The highest BCUT2D eigenvalue weighted by Crippen LogP contribution is 2.32. The molecule has 0 saturated carbocycles. The predicted octanol–water partition coefficient (Wildman–Crippen LogP) is -0.827. The summed E-state index contributed by atoms with van der Waals surface area (Å²) in [5.41, 5.74) is 6.73. The number of nitrogens with one attached hydrogen (secondary N) is 1. The molecule has 6 atom stereocenters. The normalized spacial score (nSPS) is 29.5. The number of carbonyl (C=O) groups is 1. The van der Waals surface area contributed by atoms with Gasteiger partial charge in [0, 0.05) is 6.61 Å². The van der Waals surface area contributed by atoms with Crippen LogP contribution in [0.4, 0.5) is 5.82 Å². The van der Waals surface area contributed by atoms with E-state index in [0.717, 1.165) is 6.42 Å². The van der Waals surface area contributed by atoms with Crippen molar-refractivity contribution < 1.29 is 29.2 Å². The number of anilines is 1. The number of nitrogens with two attached hydrogens (primary N) is 1. The van der Waals surface area contributed by atoms with E-state index in [2.05, 4.69) is 20.3 Å². The highest BCUT2D eigenvalue weighted by Gasteiger charge is 2.45. The first-order chi connectivity index (χ1) is 14.9. The minimum atomic E-state index is -1.27. The maximum atomic E-state index is 12.0. The molecule has 12 heteroatoms. The van der Waals surface area contributed by atoms with E-state index in [1.807, 2.05) is 13.8 Å². The molecule has 170 valence electrons. The third kappa shape index (κ3) is 4.34. The van der Waals surface area contributed by atoms with Crippen LogP contribution in [0.15, 0.2) is 12.7 Å². The fraction of sp³-hybridized carbons (Fsp3) is 0.684. The molecular formula is C19H28N6O6. The Kier molecular flexibility index (Phi) is 6.34. The minimum absolute atomic E-state index is 0.0872. The van der Waals surface area contributed by atoms with E-state index < -0.39 is 36.6 Å². The SMILES string of the molecule is CC(C)[C@H](N)C(=O)OC[C@H]1O[C@@H](n2cnc3c(N[C@@H]4CCOC4)ncnc32)[C@H](O)[C@@H]1O. The zero-order chi connectivity index (χ0) is 22.1. The summed E-state index contributed by atoms with van der Waals surface area (Å²) in [7, 11) is 0. The van der Waals surface area contributed by atoms with E-state index in [1.54, 1.807) is 0 Å². The maximum absolute atomic E-state index is 12.0. The second kappa shape index (κ2) is 9.01. The molecule has 2 saturated heterocycles. The molecule has 0 aromatic carbocycles. The Labute approximate surface area is 178 Å². The van der Waals surface area contributed by atoms with Gasteiger partial charge >= 0.3 is 5.97 Å². The van der Waals surface area contributed by atoms with Crippen LogP contribution in [0.2, 0.25) is 0 Å². The van der Waals surface area contributed by atoms with E-state index >= 15 is 0 Å². The molecule has 0 radical (unpaired) electrons.